The number of hydrogen-bond donors (Lipinski definition) is 0. The molecule has 6 heteroatoms. The summed E-state index contributed by atoms with van der Waals surface area (Å²) in [7, 11) is -3.72. The molecular weight excluding hydrogens is 366 g/mol. The van der Waals surface area contributed by atoms with E-state index in [4.69, 9.17) is 4.42 Å². The summed E-state index contributed by atoms with van der Waals surface area (Å²) in [4.78, 5) is 4.12. The van der Waals surface area contributed by atoms with Crippen molar-refractivity contribution in [1.82, 2.24) is 4.98 Å². The molecule has 0 N–H and O–H groups in total. The van der Waals surface area contributed by atoms with Crippen LogP contribution in [0.4, 0.5) is 0 Å². The standard InChI is InChI=1S/C16H12BrNO3S/c1-11-2-8-14(9-3-11)22(19,20)16-15(21-10-18-16)12-4-6-13(17)7-5-12/h2-10H,1H3. The van der Waals surface area contributed by atoms with Crippen molar-refractivity contribution in [3.63, 3.8) is 0 Å². The van der Waals surface area contributed by atoms with Crippen LogP contribution in [0.1, 0.15) is 5.56 Å². The normalized spacial score (nSPS) is 11.5. The highest BCUT2D eigenvalue weighted by Gasteiger charge is 2.26. The van der Waals surface area contributed by atoms with E-state index in [1.54, 1.807) is 36.4 Å². The molecule has 4 nitrogen and oxygen atoms in total. The predicted molar refractivity (Wildman–Crippen MR) is 86.3 cm³/mol. The van der Waals surface area contributed by atoms with Crippen LogP contribution in [0.2, 0.25) is 0 Å². The Morgan fingerprint density at radius 3 is 2.27 bits per heavy atom. The molecule has 0 aliphatic heterocycles. The third-order valence-electron chi connectivity index (χ3n) is 3.23. The van der Waals surface area contributed by atoms with Gasteiger partial charge in [-0.15, -0.1) is 0 Å². The van der Waals surface area contributed by atoms with Gasteiger partial charge in [0.15, 0.2) is 12.2 Å². The molecule has 22 heavy (non-hydrogen) atoms. The van der Waals surface area contributed by atoms with Crippen LogP contribution in [0.15, 0.2) is 73.7 Å². The van der Waals surface area contributed by atoms with Crippen molar-refractivity contribution < 1.29 is 12.8 Å². The van der Waals surface area contributed by atoms with Gasteiger partial charge in [-0.3, -0.25) is 0 Å². The van der Waals surface area contributed by atoms with E-state index in [0.717, 1.165) is 16.4 Å². The highest BCUT2D eigenvalue weighted by Crippen LogP contribution is 2.31. The SMILES string of the molecule is Cc1ccc(S(=O)(=O)c2ncoc2-c2ccc(Br)cc2)cc1. The second-order valence-electron chi connectivity index (χ2n) is 4.81. The summed E-state index contributed by atoms with van der Waals surface area (Å²) >= 11 is 3.35. The van der Waals surface area contributed by atoms with E-state index in [9.17, 15) is 8.42 Å². The smallest absolute Gasteiger partial charge is 0.227 e. The van der Waals surface area contributed by atoms with Crippen molar-refractivity contribution in [3.05, 3.63) is 65.0 Å². The molecule has 0 amide bonds. The first kappa shape index (κ1) is 15.0. The number of benzene rings is 2. The minimum Gasteiger partial charge on any atom is -0.442 e. The molecule has 0 aliphatic rings. The Hall–Kier alpha value is -1.92. The molecule has 3 rings (SSSR count). The average Bonchev–Trinajstić information content (AvgIpc) is 2.99. The molecule has 1 heterocycles. The molecule has 0 spiro atoms. The van der Waals surface area contributed by atoms with Crippen LogP contribution >= 0.6 is 15.9 Å². The highest BCUT2D eigenvalue weighted by atomic mass is 79.9. The lowest BCUT2D eigenvalue weighted by Gasteiger charge is -2.04. The van der Waals surface area contributed by atoms with Crippen LogP contribution < -0.4 is 0 Å². The zero-order valence-corrected chi connectivity index (χ0v) is 14.1. The Bertz CT molecular complexity index is 897. The molecule has 0 atom stereocenters. The number of oxazole rings is 1. The molecule has 0 unspecified atom stereocenters. The first-order chi connectivity index (χ1) is 10.5. The first-order valence-electron chi connectivity index (χ1n) is 6.49. The van der Waals surface area contributed by atoms with Crippen molar-refractivity contribution in [3.8, 4) is 11.3 Å². The van der Waals surface area contributed by atoms with E-state index in [1.807, 2.05) is 19.1 Å². The monoisotopic (exact) mass is 377 g/mol. The molecular formula is C16H12BrNO3S. The summed E-state index contributed by atoms with van der Waals surface area (Å²) in [6.45, 7) is 1.90. The van der Waals surface area contributed by atoms with Crippen LogP contribution in [0.3, 0.4) is 0 Å². The second kappa shape index (κ2) is 5.70. The van der Waals surface area contributed by atoms with Crippen molar-refractivity contribution in [1.29, 1.82) is 0 Å². The Balaban J connectivity index is 2.11. The van der Waals surface area contributed by atoms with Gasteiger partial charge in [-0.25, -0.2) is 13.4 Å². The van der Waals surface area contributed by atoms with Crippen LogP contribution in [0, 0.1) is 6.92 Å². The van der Waals surface area contributed by atoms with Crippen LogP contribution in [-0.2, 0) is 9.84 Å². The van der Waals surface area contributed by atoms with Gasteiger partial charge in [0.25, 0.3) is 0 Å². The van der Waals surface area contributed by atoms with Gasteiger partial charge in [0.2, 0.25) is 14.9 Å². The van der Waals surface area contributed by atoms with Crippen LogP contribution in [0.5, 0.6) is 0 Å². The number of nitrogens with zero attached hydrogens (tertiary/aromatic N) is 1. The van der Waals surface area contributed by atoms with Crippen LogP contribution in [-0.4, -0.2) is 13.4 Å². The van der Waals surface area contributed by atoms with E-state index in [2.05, 4.69) is 20.9 Å². The minimum absolute atomic E-state index is 0.0707. The molecule has 0 aliphatic carbocycles. The van der Waals surface area contributed by atoms with E-state index in [-0.39, 0.29) is 15.7 Å². The summed E-state index contributed by atoms with van der Waals surface area (Å²) < 4.78 is 31.7. The Morgan fingerprint density at radius 2 is 1.64 bits per heavy atom. The Kier molecular flexibility index (Phi) is 3.88. The molecule has 0 bridgehead atoms. The number of sulfone groups is 1. The number of aryl methyl sites for hydroxylation is 1. The average molecular weight is 378 g/mol. The fourth-order valence-corrected chi connectivity index (χ4v) is 3.62. The van der Waals surface area contributed by atoms with E-state index in [1.165, 1.54) is 0 Å². The fraction of sp³-hybridized carbons (Fsp3) is 0.0625. The maximum atomic E-state index is 12.7. The van der Waals surface area contributed by atoms with Gasteiger partial charge in [0.05, 0.1) is 4.90 Å². The van der Waals surface area contributed by atoms with Crippen molar-refractivity contribution >= 4 is 25.8 Å². The van der Waals surface area contributed by atoms with Crippen molar-refractivity contribution in [2.75, 3.05) is 0 Å². The van der Waals surface area contributed by atoms with E-state index >= 15 is 0 Å². The molecule has 0 saturated carbocycles. The summed E-state index contributed by atoms with van der Waals surface area (Å²) in [6, 6.07) is 13.9. The van der Waals surface area contributed by atoms with E-state index < -0.39 is 9.84 Å². The Morgan fingerprint density at radius 1 is 1.00 bits per heavy atom. The minimum atomic E-state index is -3.72. The summed E-state index contributed by atoms with van der Waals surface area (Å²) in [5.41, 5.74) is 1.65. The van der Waals surface area contributed by atoms with E-state index in [0.29, 0.717) is 5.56 Å². The van der Waals surface area contributed by atoms with Gasteiger partial charge in [-0.2, -0.15) is 0 Å². The molecule has 0 fully saturated rings. The van der Waals surface area contributed by atoms with Gasteiger partial charge < -0.3 is 4.42 Å². The Labute approximate surface area is 136 Å². The topological polar surface area (TPSA) is 60.2 Å². The van der Waals surface area contributed by atoms with Crippen LogP contribution in [0.25, 0.3) is 11.3 Å². The van der Waals surface area contributed by atoms with Crippen molar-refractivity contribution in [2.24, 2.45) is 0 Å². The summed E-state index contributed by atoms with van der Waals surface area (Å²) in [6.07, 6.45) is 1.15. The molecule has 0 radical (unpaired) electrons. The van der Waals surface area contributed by atoms with Gasteiger partial charge in [-0.05, 0) is 31.2 Å². The third-order valence-corrected chi connectivity index (χ3v) is 5.45. The highest BCUT2D eigenvalue weighted by molar-refractivity contribution is 9.10. The quantitative estimate of drug-likeness (QED) is 0.684. The largest absolute Gasteiger partial charge is 0.442 e. The fourth-order valence-electron chi connectivity index (χ4n) is 2.05. The second-order valence-corrected chi connectivity index (χ2v) is 7.59. The zero-order chi connectivity index (χ0) is 15.7. The number of halogens is 1. The van der Waals surface area contributed by atoms with Gasteiger partial charge in [-0.1, -0.05) is 45.8 Å². The lowest BCUT2D eigenvalue weighted by atomic mass is 10.2. The summed E-state index contributed by atoms with van der Waals surface area (Å²) in [5.74, 6) is 0.244. The first-order valence-corrected chi connectivity index (χ1v) is 8.77. The lowest BCUT2D eigenvalue weighted by molar-refractivity contribution is 0.567. The molecule has 1 aromatic heterocycles. The number of aromatic nitrogens is 1. The molecule has 112 valence electrons. The van der Waals surface area contributed by atoms with Gasteiger partial charge in [0, 0.05) is 10.0 Å². The third kappa shape index (κ3) is 2.71. The summed E-state index contributed by atoms with van der Waals surface area (Å²) in [5, 5.41) is -0.0707. The van der Waals surface area contributed by atoms with Crippen molar-refractivity contribution in [2.45, 2.75) is 16.8 Å². The lowest BCUT2D eigenvalue weighted by Crippen LogP contribution is -2.04. The maximum absolute atomic E-state index is 12.7. The predicted octanol–water partition coefficient (Wildman–Crippen LogP) is 4.25. The zero-order valence-electron chi connectivity index (χ0n) is 11.7. The van der Waals surface area contributed by atoms with Gasteiger partial charge in [0.1, 0.15) is 0 Å². The molecule has 3 aromatic rings. The maximum Gasteiger partial charge on any atom is 0.227 e. The molecule has 2 aromatic carbocycles. The molecule has 0 saturated heterocycles. The number of hydrogen-bond acceptors (Lipinski definition) is 4. The number of rotatable bonds is 3. The van der Waals surface area contributed by atoms with Gasteiger partial charge >= 0.3 is 0 Å².